The van der Waals surface area contributed by atoms with Gasteiger partial charge in [0, 0.05) is 0 Å². The fraction of sp³-hybridized carbons (Fsp3) is 0.444. The van der Waals surface area contributed by atoms with Crippen LogP contribution in [0.2, 0.25) is 0 Å². The van der Waals surface area contributed by atoms with Crippen molar-refractivity contribution in [2.45, 2.75) is 45.4 Å². The molecule has 1 N–H and O–H groups in total. The van der Waals surface area contributed by atoms with Gasteiger partial charge in [0.1, 0.15) is 10.1 Å². The summed E-state index contributed by atoms with van der Waals surface area (Å²) in [6, 6.07) is 7.80. The molecule has 0 unspecified atom stereocenters. The van der Waals surface area contributed by atoms with Crippen LogP contribution in [0.3, 0.4) is 0 Å². The Bertz CT molecular complexity index is 567. The quantitative estimate of drug-likeness (QED) is 0.390. The number of nitrogens with one attached hydrogen (secondary N) is 1. The van der Waals surface area contributed by atoms with Crippen LogP contribution in [0.4, 0.5) is 0 Å². The monoisotopic (exact) mass is 349 g/mol. The Morgan fingerprint density at radius 1 is 1.13 bits per heavy atom. The van der Waals surface area contributed by atoms with Gasteiger partial charge in [-0.05, 0) is 30.2 Å². The second kappa shape index (κ2) is 9.73. The van der Waals surface area contributed by atoms with E-state index in [1.54, 1.807) is 0 Å². The third kappa shape index (κ3) is 6.36. The molecule has 124 valence electrons. The van der Waals surface area contributed by atoms with Crippen molar-refractivity contribution in [3.8, 4) is 5.75 Å². The fourth-order valence-corrected chi connectivity index (χ4v) is 3.35. The van der Waals surface area contributed by atoms with Crippen molar-refractivity contribution < 1.29 is 9.53 Å². The summed E-state index contributed by atoms with van der Waals surface area (Å²) in [7, 11) is 0. The molecule has 0 spiro atoms. The minimum absolute atomic E-state index is 0.122. The van der Waals surface area contributed by atoms with Crippen LogP contribution < -0.4 is 10.1 Å². The van der Waals surface area contributed by atoms with Crippen LogP contribution in [-0.4, -0.2) is 16.8 Å². The molecule has 0 aromatic heterocycles. The molecular formula is C18H23NO2S2. The lowest BCUT2D eigenvalue weighted by Crippen LogP contribution is -2.17. The number of hydrogen-bond donors (Lipinski definition) is 1. The minimum atomic E-state index is -0.122. The van der Waals surface area contributed by atoms with Gasteiger partial charge in [0.2, 0.25) is 0 Å². The normalized spacial score (nSPS) is 16.0. The number of benzene rings is 1. The smallest absolute Gasteiger partial charge is 0.263 e. The lowest BCUT2D eigenvalue weighted by Gasteiger charge is -2.06. The minimum Gasteiger partial charge on any atom is -0.494 e. The SMILES string of the molecule is CCCCCCCCOc1ccc(/C=C2/SC(=S)NC2=O)cc1. The van der Waals surface area contributed by atoms with Gasteiger partial charge in [-0.15, -0.1) is 0 Å². The summed E-state index contributed by atoms with van der Waals surface area (Å²) >= 11 is 6.27. The molecule has 1 amide bonds. The van der Waals surface area contributed by atoms with Crippen LogP contribution in [0.1, 0.15) is 51.0 Å². The van der Waals surface area contributed by atoms with Crippen molar-refractivity contribution in [1.82, 2.24) is 5.32 Å². The number of ether oxygens (including phenoxy) is 1. The molecule has 1 aliphatic rings. The molecule has 0 radical (unpaired) electrons. The Kier molecular flexibility index (Phi) is 7.62. The van der Waals surface area contributed by atoms with Gasteiger partial charge in [-0.3, -0.25) is 4.79 Å². The van der Waals surface area contributed by atoms with Crippen LogP contribution in [0.5, 0.6) is 5.75 Å². The number of hydrogen-bond acceptors (Lipinski definition) is 4. The maximum Gasteiger partial charge on any atom is 0.263 e. The van der Waals surface area contributed by atoms with Crippen molar-refractivity contribution in [3.05, 3.63) is 34.7 Å². The van der Waals surface area contributed by atoms with Gasteiger partial charge in [-0.25, -0.2) is 0 Å². The van der Waals surface area contributed by atoms with Crippen molar-refractivity contribution >= 4 is 40.3 Å². The van der Waals surface area contributed by atoms with Gasteiger partial charge in [0.05, 0.1) is 11.5 Å². The zero-order valence-corrected chi connectivity index (χ0v) is 15.1. The molecule has 1 aromatic rings. The Morgan fingerprint density at radius 3 is 2.48 bits per heavy atom. The average molecular weight is 350 g/mol. The fourth-order valence-electron chi connectivity index (χ4n) is 2.31. The molecule has 5 heteroatoms. The summed E-state index contributed by atoms with van der Waals surface area (Å²) < 4.78 is 6.26. The van der Waals surface area contributed by atoms with E-state index in [0.717, 1.165) is 24.3 Å². The standard InChI is InChI=1S/C18H23NO2S2/c1-2-3-4-5-6-7-12-21-15-10-8-14(9-11-15)13-16-17(20)19-18(22)23-16/h8-11,13H,2-7,12H2,1H3,(H,19,20,22)/b16-13+. The van der Waals surface area contributed by atoms with Gasteiger partial charge in [-0.1, -0.05) is 75.1 Å². The van der Waals surface area contributed by atoms with Crippen molar-refractivity contribution in [3.63, 3.8) is 0 Å². The maximum absolute atomic E-state index is 11.6. The number of rotatable bonds is 9. The first-order chi connectivity index (χ1) is 11.2. The zero-order chi connectivity index (χ0) is 16.5. The Labute approximate surface area is 147 Å². The van der Waals surface area contributed by atoms with E-state index in [0.29, 0.717) is 9.23 Å². The van der Waals surface area contributed by atoms with E-state index < -0.39 is 0 Å². The van der Waals surface area contributed by atoms with Crippen molar-refractivity contribution in [1.29, 1.82) is 0 Å². The van der Waals surface area contributed by atoms with E-state index in [-0.39, 0.29) is 5.91 Å². The molecule has 0 bridgehead atoms. The molecule has 0 saturated carbocycles. The van der Waals surface area contributed by atoms with E-state index in [9.17, 15) is 4.79 Å². The maximum atomic E-state index is 11.6. The number of unbranched alkanes of at least 4 members (excludes halogenated alkanes) is 5. The van der Waals surface area contributed by atoms with E-state index in [4.69, 9.17) is 17.0 Å². The Balaban J connectivity index is 1.73. The van der Waals surface area contributed by atoms with Crippen molar-refractivity contribution in [2.24, 2.45) is 0 Å². The van der Waals surface area contributed by atoms with Crippen LogP contribution in [0.25, 0.3) is 6.08 Å². The average Bonchev–Trinajstić information content (AvgIpc) is 2.85. The van der Waals surface area contributed by atoms with Crippen LogP contribution in [0, 0.1) is 0 Å². The van der Waals surface area contributed by atoms with Gasteiger partial charge in [0.25, 0.3) is 5.91 Å². The topological polar surface area (TPSA) is 38.3 Å². The third-order valence-electron chi connectivity index (χ3n) is 3.59. The van der Waals surface area contributed by atoms with E-state index in [1.165, 1.54) is 43.9 Å². The van der Waals surface area contributed by atoms with E-state index in [2.05, 4.69) is 12.2 Å². The predicted octanol–water partition coefficient (Wildman–Crippen LogP) is 4.91. The van der Waals surface area contributed by atoms with Gasteiger partial charge in [0.15, 0.2) is 0 Å². The molecule has 2 rings (SSSR count). The van der Waals surface area contributed by atoms with Crippen LogP contribution in [-0.2, 0) is 4.79 Å². The summed E-state index contributed by atoms with van der Waals surface area (Å²) in [5.41, 5.74) is 0.972. The molecule has 0 atom stereocenters. The summed E-state index contributed by atoms with van der Waals surface area (Å²) in [5, 5.41) is 2.61. The third-order valence-corrected chi connectivity index (χ3v) is 4.75. The Morgan fingerprint density at radius 2 is 1.83 bits per heavy atom. The summed E-state index contributed by atoms with van der Waals surface area (Å²) in [6.07, 6.45) is 9.42. The number of thioether (sulfide) groups is 1. The first-order valence-corrected chi connectivity index (χ1v) is 9.39. The number of carbonyl (C=O) groups is 1. The lowest BCUT2D eigenvalue weighted by molar-refractivity contribution is -0.115. The second-order valence-electron chi connectivity index (χ2n) is 5.54. The largest absolute Gasteiger partial charge is 0.494 e. The van der Waals surface area contributed by atoms with Gasteiger partial charge in [-0.2, -0.15) is 0 Å². The molecule has 1 aromatic carbocycles. The summed E-state index contributed by atoms with van der Waals surface area (Å²) in [6.45, 7) is 2.99. The molecule has 1 fully saturated rings. The molecular weight excluding hydrogens is 326 g/mol. The number of amides is 1. The second-order valence-corrected chi connectivity index (χ2v) is 7.26. The van der Waals surface area contributed by atoms with Gasteiger partial charge < -0.3 is 10.1 Å². The number of thiocarbonyl (C=S) groups is 1. The lowest BCUT2D eigenvalue weighted by atomic mass is 10.1. The highest BCUT2D eigenvalue weighted by atomic mass is 32.2. The van der Waals surface area contributed by atoms with Crippen molar-refractivity contribution in [2.75, 3.05) is 6.61 Å². The summed E-state index contributed by atoms with van der Waals surface area (Å²) in [5.74, 6) is 0.753. The van der Waals surface area contributed by atoms with E-state index >= 15 is 0 Å². The highest BCUT2D eigenvalue weighted by Crippen LogP contribution is 2.26. The van der Waals surface area contributed by atoms with Crippen LogP contribution in [0.15, 0.2) is 29.2 Å². The molecule has 0 aliphatic carbocycles. The molecule has 23 heavy (non-hydrogen) atoms. The van der Waals surface area contributed by atoms with E-state index in [1.807, 2.05) is 30.3 Å². The molecule has 1 aliphatic heterocycles. The highest BCUT2D eigenvalue weighted by Gasteiger charge is 2.21. The number of carbonyl (C=O) groups excluding carboxylic acids is 1. The zero-order valence-electron chi connectivity index (χ0n) is 13.5. The molecule has 1 heterocycles. The summed E-state index contributed by atoms with van der Waals surface area (Å²) in [4.78, 5) is 12.2. The van der Waals surface area contributed by atoms with Crippen LogP contribution >= 0.6 is 24.0 Å². The molecule has 1 saturated heterocycles. The predicted molar refractivity (Wildman–Crippen MR) is 102 cm³/mol. The highest BCUT2D eigenvalue weighted by molar-refractivity contribution is 8.26. The first-order valence-electron chi connectivity index (χ1n) is 8.17. The van der Waals surface area contributed by atoms with Gasteiger partial charge >= 0.3 is 0 Å². The molecule has 3 nitrogen and oxygen atoms in total. The first kappa shape index (κ1) is 18.0. The Hall–Kier alpha value is -1.33.